The highest BCUT2D eigenvalue weighted by molar-refractivity contribution is 14.0. The Morgan fingerprint density at radius 3 is 2.52 bits per heavy atom. The molecule has 0 spiro atoms. The van der Waals surface area contributed by atoms with Gasteiger partial charge in [0, 0.05) is 19.7 Å². The Labute approximate surface area is 192 Å². The topological polar surface area (TPSA) is 75.1 Å². The number of nitrogens with zero attached hydrogens (tertiary/aromatic N) is 1. The molecule has 0 aromatic heterocycles. The van der Waals surface area contributed by atoms with E-state index in [0.29, 0.717) is 13.2 Å². The molecule has 1 aromatic rings. The van der Waals surface area contributed by atoms with Crippen LogP contribution in [0.25, 0.3) is 0 Å². The van der Waals surface area contributed by atoms with Gasteiger partial charge in [-0.3, -0.25) is 0 Å². The van der Waals surface area contributed by atoms with Crippen molar-refractivity contribution < 1.29 is 14.6 Å². The first-order valence-electron chi connectivity index (χ1n) is 10.6. The molecule has 0 heterocycles. The van der Waals surface area contributed by atoms with Gasteiger partial charge in [0.1, 0.15) is 0 Å². The molecule has 0 radical (unpaired) electrons. The second kappa shape index (κ2) is 13.9. The van der Waals surface area contributed by atoms with E-state index < -0.39 is 0 Å². The minimum absolute atomic E-state index is 0. The molecular weight excluding hydrogens is 481 g/mol. The van der Waals surface area contributed by atoms with E-state index in [1.165, 1.54) is 32.1 Å². The van der Waals surface area contributed by atoms with E-state index in [0.717, 1.165) is 42.5 Å². The summed E-state index contributed by atoms with van der Waals surface area (Å²) in [7, 11) is 1.65. The summed E-state index contributed by atoms with van der Waals surface area (Å²) in [6, 6.07) is 5.93. The summed E-state index contributed by atoms with van der Waals surface area (Å²) in [6.45, 7) is 7.11. The number of hydrogen-bond donors (Lipinski definition) is 3. The Balaban J connectivity index is 0.00000420. The lowest BCUT2D eigenvalue weighted by atomic mass is 9.72. The van der Waals surface area contributed by atoms with Crippen LogP contribution in [-0.4, -0.2) is 44.5 Å². The number of guanidine groups is 1. The van der Waals surface area contributed by atoms with Gasteiger partial charge in [-0.05, 0) is 56.2 Å². The van der Waals surface area contributed by atoms with Gasteiger partial charge in [0.05, 0.1) is 20.3 Å². The number of benzene rings is 1. The van der Waals surface area contributed by atoms with Crippen LogP contribution in [0.4, 0.5) is 0 Å². The van der Waals surface area contributed by atoms with Crippen molar-refractivity contribution >= 4 is 29.9 Å². The minimum atomic E-state index is 0. The summed E-state index contributed by atoms with van der Waals surface area (Å²) >= 11 is 0. The average molecular weight is 519 g/mol. The monoisotopic (exact) mass is 519 g/mol. The zero-order valence-electron chi connectivity index (χ0n) is 18.1. The summed E-state index contributed by atoms with van der Waals surface area (Å²) in [4.78, 5) is 4.75. The van der Waals surface area contributed by atoms with E-state index in [4.69, 9.17) is 14.5 Å². The summed E-state index contributed by atoms with van der Waals surface area (Å²) in [5.74, 6) is 2.31. The third kappa shape index (κ3) is 8.20. The van der Waals surface area contributed by atoms with E-state index in [9.17, 15) is 5.11 Å². The van der Waals surface area contributed by atoms with E-state index in [1.807, 2.05) is 25.1 Å². The third-order valence-corrected chi connectivity index (χ3v) is 5.48. The lowest BCUT2D eigenvalue weighted by Crippen LogP contribution is -2.44. The molecular formula is C22H38IN3O3. The van der Waals surface area contributed by atoms with E-state index in [1.54, 1.807) is 7.11 Å². The van der Waals surface area contributed by atoms with Gasteiger partial charge in [0.15, 0.2) is 17.5 Å². The van der Waals surface area contributed by atoms with Crippen LogP contribution >= 0.6 is 24.0 Å². The van der Waals surface area contributed by atoms with Crippen LogP contribution in [0.1, 0.15) is 57.9 Å². The van der Waals surface area contributed by atoms with Crippen molar-refractivity contribution in [2.75, 3.05) is 33.4 Å². The highest BCUT2D eigenvalue weighted by Crippen LogP contribution is 2.38. The molecule has 2 rings (SSSR count). The van der Waals surface area contributed by atoms with Gasteiger partial charge in [0.25, 0.3) is 0 Å². The van der Waals surface area contributed by atoms with Gasteiger partial charge in [-0.2, -0.15) is 0 Å². The second-order valence-corrected chi connectivity index (χ2v) is 7.50. The molecule has 0 unspecified atom stereocenters. The number of halogens is 1. The fraction of sp³-hybridized carbons (Fsp3) is 0.682. The molecule has 29 heavy (non-hydrogen) atoms. The predicted molar refractivity (Wildman–Crippen MR) is 130 cm³/mol. The van der Waals surface area contributed by atoms with Crippen molar-refractivity contribution in [3.05, 3.63) is 23.8 Å². The Morgan fingerprint density at radius 1 is 1.14 bits per heavy atom. The molecule has 0 saturated heterocycles. The number of rotatable bonds is 10. The quantitative estimate of drug-likeness (QED) is 0.247. The molecule has 1 aromatic carbocycles. The first-order chi connectivity index (χ1) is 13.7. The van der Waals surface area contributed by atoms with E-state index in [-0.39, 0.29) is 36.0 Å². The lowest BCUT2D eigenvalue weighted by molar-refractivity contribution is 0.131. The first-order valence-corrected chi connectivity index (χ1v) is 10.6. The fourth-order valence-electron chi connectivity index (χ4n) is 3.93. The van der Waals surface area contributed by atoms with E-state index >= 15 is 0 Å². The highest BCUT2D eigenvalue weighted by atomic mass is 127. The molecule has 6 nitrogen and oxygen atoms in total. The maximum absolute atomic E-state index is 9.52. The third-order valence-electron chi connectivity index (χ3n) is 5.48. The van der Waals surface area contributed by atoms with Crippen LogP contribution in [-0.2, 0) is 6.54 Å². The van der Waals surface area contributed by atoms with Crippen molar-refractivity contribution in [2.24, 2.45) is 10.4 Å². The molecule has 1 aliphatic carbocycles. The van der Waals surface area contributed by atoms with E-state index in [2.05, 4.69) is 17.6 Å². The molecule has 3 N–H and O–H groups in total. The molecule has 0 atom stereocenters. The van der Waals surface area contributed by atoms with Gasteiger partial charge in [0.2, 0.25) is 0 Å². The summed E-state index contributed by atoms with van der Waals surface area (Å²) in [6.07, 6.45) is 7.02. The Morgan fingerprint density at radius 2 is 1.90 bits per heavy atom. The van der Waals surface area contributed by atoms with Crippen molar-refractivity contribution in [2.45, 2.75) is 58.9 Å². The summed E-state index contributed by atoms with van der Waals surface area (Å²) < 4.78 is 11.0. The maximum Gasteiger partial charge on any atom is 0.191 e. The molecule has 0 bridgehead atoms. The zero-order chi connectivity index (χ0) is 20.2. The van der Waals surface area contributed by atoms with Crippen LogP contribution in [0.15, 0.2) is 23.2 Å². The summed E-state index contributed by atoms with van der Waals surface area (Å²) in [5, 5.41) is 16.4. The number of aliphatic hydroxyl groups excluding tert-OH is 1. The second-order valence-electron chi connectivity index (χ2n) is 7.50. The van der Waals surface area contributed by atoms with Crippen molar-refractivity contribution in [1.29, 1.82) is 0 Å². The SMILES string of the molecule is CCNC(=NCc1ccc(OC)c(OCC)c1)NCC1(CCO)CCCCC1.I. The van der Waals surface area contributed by atoms with Crippen LogP contribution in [0.2, 0.25) is 0 Å². The minimum Gasteiger partial charge on any atom is -0.493 e. The predicted octanol–water partition coefficient (Wildman–Crippen LogP) is 4.10. The van der Waals surface area contributed by atoms with Crippen LogP contribution in [0.5, 0.6) is 11.5 Å². The van der Waals surface area contributed by atoms with Gasteiger partial charge in [-0.15, -0.1) is 24.0 Å². The molecule has 7 heteroatoms. The number of methoxy groups -OCH3 is 1. The number of nitrogens with one attached hydrogen (secondary N) is 2. The number of aliphatic imine (C=N–C) groups is 1. The Kier molecular flexibility index (Phi) is 12.4. The lowest BCUT2D eigenvalue weighted by Gasteiger charge is -2.37. The highest BCUT2D eigenvalue weighted by Gasteiger charge is 2.31. The Bertz CT molecular complexity index is 614. The molecule has 1 aliphatic rings. The van der Waals surface area contributed by atoms with Crippen LogP contribution in [0.3, 0.4) is 0 Å². The van der Waals surface area contributed by atoms with Crippen LogP contribution < -0.4 is 20.1 Å². The first kappa shape index (κ1) is 25.8. The number of aliphatic hydroxyl groups is 1. The molecule has 0 aliphatic heterocycles. The standard InChI is InChI=1S/C22H37N3O3.HI/c1-4-23-21(25-17-22(13-14-26)11-7-6-8-12-22)24-16-18-9-10-19(27-3)20(15-18)28-5-2;/h9-10,15,26H,4-8,11-14,16-17H2,1-3H3,(H2,23,24,25);1H. The molecule has 166 valence electrons. The largest absolute Gasteiger partial charge is 0.493 e. The maximum atomic E-state index is 9.52. The molecule has 0 amide bonds. The average Bonchev–Trinajstić information content (AvgIpc) is 2.71. The number of hydrogen-bond acceptors (Lipinski definition) is 4. The smallest absolute Gasteiger partial charge is 0.191 e. The van der Waals surface area contributed by atoms with Crippen LogP contribution in [0, 0.1) is 5.41 Å². The number of ether oxygens (including phenoxy) is 2. The zero-order valence-corrected chi connectivity index (χ0v) is 20.5. The summed E-state index contributed by atoms with van der Waals surface area (Å²) in [5.41, 5.74) is 1.26. The Hall–Kier alpha value is -1.22. The van der Waals surface area contributed by atoms with Crippen molar-refractivity contribution in [3.63, 3.8) is 0 Å². The van der Waals surface area contributed by atoms with Crippen molar-refractivity contribution in [3.8, 4) is 11.5 Å². The normalized spacial score (nSPS) is 15.9. The van der Waals surface area contributed by atoms with Crippen molar-refractivity contribution in [1.82, 2.24) is 10.6 Å². The van der Waals surface area contributed by atoms with Gasteiger partial charge in [-0.25, -0.2) is 4.99 Å². The van der Waals surface area contributed by atoms with Gasteiger partial charge >= 0.3 is 0 Å². The fourth-order valence-corrected chi connectivity index (χ4v) is 3.93. The van der Waals surface area contributed by atoms with Gasteiger partial charge in [-0.1, -0.05) is 25.3 Å². The molecule has 1 saturated carbocycles. The van der Waals surface area contributed by atoms with Gasteiger partial charge < -0.3 is 25.2 Å². The molecule has 1 fully saturated rings.